The molecule has 31 heavy (non-hydrogen) atoms. The van der Waals surface area contributed by atoms with Gasteiger partial charge < -0.3 is 14.4 Å². The highest BCUT2D eigenvalue weighted by Crippen LogP contribution is 2.45. The molecule has 0 amide bonds. The van der Waals surface area contributed by atoms with Crippen LogP contribution in [0, 0.1) is 0 Å². The summed E-state index contributed by atoms with van der Waals surface area (Å²) >= 11 is 0. The molecule has 1 aromatic rings. The fourth-order valence-electron chi connectivity index (χ4n) is 4.01. The topological polar surface area (TPSA) is 71.4 Å². The zero-order chi connectivity index (χ0) is 22.1. The van der Waals surface area contributed by atoms with Crippen LogP contribution in [0.4, 0.5) is 14.5 Å². The van der Waals surface area contributed by atoms with E-state index in [1.807, 2.05) is 24.1 Å². The van der Waals surface area contributed by atoms with E-state index in [4.69, 9.17) is 9.47 Å². The summed E-state index contributed by atoms with van der Waals surface area (Å²) in [6, 6.07) is 4.67. The number of ether oxygens (including phenoxy) is 2. The van der Waals surface area contributed by atoms with Crippen molar-refractivity contribution in [3.05, 3.63) is 35.9 Å². The molecule has 7 nitrogen and oxygen atoms in total. The molecule has 3 aliphatic heterocycles. The number of fused-ring (bicyclic) bond motifs is 2. The van der Waals surface area contributed by atoms with Crippen LogP contribution in [0.25, 0.3) is 0 Å². The van der Waals surface area contributed by atoms with E-state index in [-0.39, 0.29) is 4.90 Å². The van der Waals surface area contributed by atoms with Gasteiger partial charge in [0.15, 0.2) is 0 Å². The first-order chi connectivity index (χ1) is 14.8. The highest BCUT2D eigenvalue weighted by molar-refractivity contribution is 7.89. The molecule has 4 rings (SSSR count). The maximum absolute atomic E-state index is 13.2. The standard InChI is InChI=1S/C21H27F2N3O4S/c1-2-3-4-8-24-9-10-25-16-21(29-11-5-12-30-21)18-13-17(6-7-19(18)25)31(27,28)26-14-20(22,23)15-26/h2-3,6-7,9,13H,4-5,8,10-12,14-16H2,1H3. The van der Waals surface area contributed by atoms with Crippen molar-refractivity contribution in [1.82, 2.24) is 4.31 Å². The predicted molar refractivity (Wildman–Crippen MR) is 113 cm³/mol. The number of hydrogen-bond donors (Lipinski definition) is 0. The summed E-state index contributed by atoms with van der Waals surface area (Å²) in [7, 11) is -4.01. The molecule has 0 saturated carbocycles. The van der Waals surface area contributed by atoms with Crippen molar-refractivity contribution in [3.63, 3.8) is 0 Å². The van der Waals surface area contributed by atoms with Gasteiger partial charge >= 0.3 is 0 Å². The molecule has 170 valence electrons. The summed E-state index contributed by atoms with van der Waals surface area (Å²) in [5, 5.41) is 0. The fourth-order valence-corrected chi connectivity index (χ4v) is 5.54. The van der Waals surface area contributed by atoms with Crippen molar-refractivity contribution < 1.29 is 26.7 Å². The lowest BCUT2D eigenvalue weighted by molar-refractivity contribution is -0.265. The summed E-state index contributed by atoms with van der Waals surface area (Å²) in [5.41, 5.74) is 1.41. The summed E-state index contributed by atoms with van der Waals surface area (Å²) in [4.78, 5) is 6.43. The van der Waals surface area contributed by atoms with Crippen molar-refractivity contribution >= 4 is 21.9 Å². The van der Waals surface area contributed by atoms with E-state index in [1.165, 1.54) is 12.1 Å². The Morgan fingerprint density at radius 2 is 1.94 bits per heavy atom. The van der Waals surface area contributed by atoms with Crippen LogP contribution in [-0.2, 0) is 25.3 Å². The minimum atomic E-state index is -4.01. The second-order valence-corrected chi connectivity index (χ2v) is 9.88. The van der Waals surface area contributed by atoms with Crippen LogP contribution in [-0.4, -0.2) is 70.8 Å². The van der Waals surface area contributed by atoms with Gasteiger partial charge in [0, 0.05) is 24.0 Å². The van der Waals surface area contributed by atoms with Crippen molar-refractivity contribution in [2.45, 2.75) is 36.4 Å². The molecule has 2 fully saturated rings. The number of aliphatic imine (C=N–C) groups is 1. The van der Waals surface area contributed by atoms with E-state index in [0.717, 1.165) is 22.8 Å². The van der Waals surface area contributed by atoms with Crippen LogP contribution in [0.2, 0.25) is 0 Å². The van der Waals surface area contributed by atoms with Gasteiger partial charge in [0.2, 0.25) is 15.8 Å². The molecule has 0 unspecified atom stereocenters. The van der Waals surface area contributed by atoms with E-state index in [0.29, 0.717) is 38.4 Å². The molecular weight excluding hydrogens is 428 g/mol. The van der Waals surface area contributed by atoms with Crippen LogP contribution < -0.4 is 4.90 Å². The molecule has 0 atom stereocenters. The average molecular weight is 456 g/mol. The Labute approximate surface area is 181 Å². The van der Waals surface area contributed by atoms with Crippen molar-refractivity contribution in [1.29, 1.82) is 0 Å². The Bertz CT molecular complexity index is 967. The highest BCUT2D eigenvalue weighted by Gasteiger charge is 2.51. The second-order valence-electron chi connectivity index (χ2n) is 7.94. The molecule has 10 heteroatoms. The fraction of sp³-hybridized carbons (Fsp3) is 0.571. The number of halogens is 2. The molecule has 3 heterocycles. The van der Waals surface area contributed by atoms with Gasteiger partial charge in [-0.15, -0.1) is 0 Å². The number of rotatable bonds is 7. The summed E-state index contributed by atoms with van der Waals surface area (Å²) in [6.45, 7) is 3.02. The minimum absolute atomic E-state index is 0.0271. The van der Waals surface area contributed by atoms with Crippen LogP contribution in [0.1, 0.15) is 25.3 Å². The first-order valence-corrected chi connectivity index (χ1v) is 11.9. The van der Waals surface area contributed by atoms with E-state index in [9.17, 15) is 17.2 Å². The number of anilines is 1. The maximum Gasteiger partial charge on any atom is 0.275 e. The normalized spacial score (nSPS) is 23.0. The van der Waals surface area contributed by atoms with Crippen LogP contribution >= 0.6 is 0 Å². The summed E-state index contributed by atoms with van der Waals surface area (Å²) in [5.74, 6) is -4.03. The number of sulfonamides is 1. The van der Waals surface area contributed by atoms with Crippen LogP contribution in [0.5, 0.6) is 0 Å². The van der Waals surface area contributed by atoms with Gasteiger partial charge in [0.25, 0.3) is 5.92 Å². The zero-order valence-electron chi connectivity index (χ0n) is 17.5. The SMILES string of the molecule is CC=CCCN=CCN1CC2(OCCCO2)c2cc(S(=O)(=O)N3CC(F)(F)C3)ccc21. The van der Waals surface area contributed by atoms with Gasteiger partial charge in [-0.05, 0) is 38.0 Å². The Morgan fingerprint density at radius 3 is 2.61 bits per heavy atom. The molecule has 0 aromatic heterocycles. The third-order valence-corrected chi connectivity index (χ3v) is 7.41. The quantitative estimate of drug-likeness (QED) is 0.359. The van der Waals surface area contributed by atoms with Gasteiger partial charge in [0.05, 0.1) is 44.3 Å². The Balaban J connectivity index is 1.59. The van der Waals surface area contributed by atoms with Crippen molar-refractivity contribution in [3.8, 4) is 0 Å². The summed E-state index contributed by atoms with van der Waals surface area (Å²) < 4.78 is 64.9. The van der Waals surface area contributed by atoms with Gasteiger partial charge in [-0.2, -0.15) is 4.31 Å². The first kappa shape index (κ1) is 22.3. The van der Waals surface area contributed by atoms with Crippen LogP contribution in [0.15, 0.2) is 40.2 Å². The molecule has 3 aliphatic rings. The van der Waals surface area contributed by atoms with Gasteiger partial charge in [0.1, 0.15) is 0 Å². The average Bonchev–Trinajstić information content (AvgIpc) is 3.02. The number of benzene rings is 1. The molecule has 1 spiro atoms. The lowest BCUT2D eigenvalue weighted by atomic mass is 10.1. The first-order valence-electron chi connectivity index (χ1n) is 10.4. The van der Waals surface area contributed by atoms with E-state index >= 15 is 0 Å². The van der Waals surface area contributed by atoms with E-state index < -0.39 is 34.8 Å². The number of nitrogens with zero attached hydrogens (tertiary/aromatic N) is 3. The largest absolute Gasteiger partial charge is 0.360 e. The monoisotopic (exact) mass is 455 g/mol. The van der Waals surface area contributed by atoms with Gasteiger partial charge in [-0.25, -0.2) is 17.2 Å². The molecular formula is C21H27F2N3O4S. The highest BCUT2D eigenvalue weighted by atomic mass is 32.2. The molecule has 1 aromatic carbocycles. The van der Waals surface area contributed by atoms with Gasteiger partial charge in [-0.1, -0.05) is 12.2 Å². The zero-order valence-corrected chi connectivity index (χ0v) is 18.3. The third-order valence-electron chi connectivity index (χ3n) is 5.62. The second kappa shape index (κ2) is 8.57. The Morgan fingerprint density at radius 1 is 1.19 bits per heavy atom. The van der Waals surface area contributed by atoms with Crippen LogP contribution in [0.3, 0.4) is 0 Å². The smallest absolute Gasteiger partial charge is 0.275 e. The molecule has 0 aliphatic carbocycles. The summed E-state index contributed by atoms with van der Waals surface area (Å²) in [6.07, 6.45) is 7.50. The van der Waals surface area contributed by atoms with Crippen molar-refractivity contribution in [2.24, 2.45) is 4.99 Å². The van der Waals surface area contributed by atoms with E-state index in [1.54, 1.807) is 6.07 Å². The Hall–Kier alpha value is -1.88. The third kappa shape index (κ3) is 4.39. The molecule has 0 radical (unpaired) electrons. The number of allylic oxidation sites excluding steroid dienone is 1. The maximum atomic E-state index is 13.2. The number of alkyl halides is 2. The van der Waals surface area contributed by atoms with Crippen molar-refractivity contribution in [2.75, 3.05) is 50.8 Å². The van der Waals surface area contributed by atoms with Gasteiger partial charge in [-0.3, -0.25) is 4.99 Å². The minimum Gasteiger partial charge on any atom is -0.360 e. The predicted octanol–water partition coefficient (Wildman–Crippen LogP) is 2.77. The molecule has 0 N–H and O–H groups in total. The lowest BCUT2D eigenvalue weighted by Gasteiger charge is -2.37. The number of hydrogen-bond acceptors (Lipinski definition) is 6. The molecule has 2 saturated heterocycles. The lowest BCUT2D eigenvalue weighted by Crippen LogP contribution is -2.58. The molecule has 0 bridgehead atoms. The Kier molecular flexibility index (Phi) is 6.17. The van der Waals surface area contributed by atoms with E-state index in [2.05, 4.69) is 11.1 Å².